The molecule has 0 aliphatic carbocycles. The number of rotatable bonds is 5. The molecule has 0 fully saturated rings. The van der Waals surface area contributed by atoms with E-state index in [1.165, 1.54) is 11.3 Å². The fourth-order valence-corrected chi connectivity index (χ4v) is 3.33. The average Bonchev–Trinajstić information content (AvgIpc) is 3.17. The van der Waals surface area contributed by atoms with Gasteiger partial charge in [-0.3, -0.25) is 9.98 Å². The lowest BCUT2D eigenvalue weighted by Crippen LogP contribution is -2.35. The summed E-state index contributed by atoms with van der Waals surface area (Å²) in [5, 5.41) is 9.21. The molecule has 0 radical (unpaired) electrons. The summed E-state index contributed by atoms with van der Waals surface area (Å²) in [5.74, 6) is 1.34. The number of anilines is 1. The minimum atomic E-state index is 0.436. The summed E-state index contributed by atoms with van der Waals surface area (Å²) in [6.45, 7) is 4.18. The normalized spacial score (nSPS) is 13.6. The second-order valence-corrected chi connectivity index (χ2v) is 6.93. The highest BCUT2D eigenvalue weighted by atomic mass is 32.1. The Morgan fingerprint density at radius 3 is 3.00 bits per heavy atom. The van der Waals surface area contributed by atoms with E-state index >= 15 is 0 Å². The Morgan fingerprint density at radius 1 is 1.19 bits per heavy atom. The van der Waals surface area contributed by atoms with Crippen molar-refractivity contribution < 1.29 is 4.74 Å². The number of hydrogen-bond acceptors (Lipinski definition) is 8. The Morgan fingerprint density at radius 2 is 2.15 bits per heavy atom. The third kappa shape index (κ3) is 4.40. The molecule has 3 aromatic heterocycles. The first-order chi connectivity index (χ1) is 13.3. The number of ether oxygens (including phenoxy) is 1. The molecule has 0 bridgehead atoms. The number of nitrogens with zero attached hydrogens (tertiary/aromatic N) is 4. The van der Waals surface area contributed by atoms with Crippen LogP contribution in [0.3, 0.4) is 0 Å². The molecular formula is C19H20N6OS. The van der Waals surface area contributed by atoms with Gasteiger partial charge in [-0.05, 0) is 25.5 Å². The van der Waals surface area contributed by atoms with Gasteiger partial charge in [0.2, 0.25) is 5.88 Å². The molecule has 4 rings (SSSR count). The van der Waals surface area contributed by atoms with Gasteiger partial charge in [-0.25, -0.2) is 9.97 Å². The van der Waals surface area contributed by atoms with Crippen LogP contribution in [-0.4, -0.2) is 34.0 Å². The van der Waals surface area contributed by atoms with Crippen LogP contribution < -0.4 is 15.4 Å². The van der Waals surface area contributed by atoms with E-state index in [1.54, 1.807) is 6.20 Å². The van der Waals surface area contributed by atoms with Gasteiger partial charge in [-0.1, -0.05) is 12.1 Å². The molecule has 3 aromatic rings. The van der Waals surface area contributed by atoms with Crippen molar-refractivity contribution in [2.24, 2.45) is 4.99 Å². The van der Waals surface area contributed by atoms with E-state index in [2.05, 4.69) is 30.6 Å². The molecule has 0 aromatic carbocycles. The van der Waals surface area contributed by atoms with E-state index < -0.39 is 0 Å². The van der Waals surface area contributed by atoms with Crippen molar-refractivity contribution in [3.8, 4) is 17.3 Å². The predicted molar refractivity (Wildman–Crippen MR) is 107 cm³/mol. The van der Waals surface area contributed by atoms with Crippen LogP contribution in [0, 0.1) is 6.92 Å². The second kappa shape index (κ2) is 8.13. The third-order valence-corrected chi connectivity index (χ3v) is 4.86. The van der Waals surface area contributed by atoms with Crippen molar-refractivity contribution in [3.63, 3.8) is 0 Å². The summed E-state index contributed by atoms with van der Waals surface area (Å²) < 4.78 is 5.84. The van der Waals surface area contributed by atoms with Crippen molar-refractivity contribution in [2.45, 2.75) is 20.0 Å². The first kappa shape index (κ1) is 17.4. The first-order valence-electron chi connectivity index (χ1n) is 8.79. The molecule has 8 heteroatoms. The van der Waals surface area contributed by atoms with E-state index in [0.29, 0.717) is 12.5 Å². The van der Waals surface area contributed by atoms with E-state index in [1.807, 2.05) is 42.6 Å². The Hall–Kier alpha value is -3.00. The molecule has 1 aliphatic heterocycles. The van der Waals surface area contributed by atoms with Gasteiger partial charge in [0.15, 0.2) is 11.1 Å². The van der Waals surface area contributed by atoms with Crippen LogP contribution in [0.4, 0.5) is 5.13 Å². The summed E-state index contributed by atoms with van der Waals surface area (Å²) >= 11 is 1.52. The highest BCUT2D eigenvalue weighted by molar-refractivity contribution is 7.14. The summed E-state index contributed by atoms with van der Waals surface area (Å²) in [6, 6.07) is 9.61. The zero-order valence-corrected chi connectivity index (χ0v) is 15.8. The molecule has 0 spiro atoms. The minimum Gasteiger partial charge on any atom is -0.473 e. The number of pyridine rings is 2. The topological polar surface area (TPSA) is 84.3 Å². The number of aromatic nitrogens is 3. The Kier molecular flexibility index (Phi) is 5.24. The molecule has 0 amide bonds. The number of aliphatic imine (C=N–C) groups is 1. The Labute approximate surface area is 161 Å². The fourth-order valence-electron chi connectivity index (χ4n) is 2.63. The lowest BCUT2D eigenvalue weighted by atomic mass is 10.2. The van der Waals surface area contributed by atoms with Crippen molar-refractivity contribution in [3.05, 3.63) is 53.2 Å². The molecular weight excluding hydrogens is 360 g/mol. The number of guanidine groups is 1. The monoisotopic (exact) mass is 380 g/mol. The van der Waals surface area contributed by atoms with Crippen molar-refractivity contribution in [1.82, 2.24) is 20.3 Å². The largest absolute Gasteiger partial charge is 0.473 e. The maximum Gasteiger partial charge on any atom is 0.214 e. The molecule has 138 valence electrons. The molecule has 27 heavy (non-hydrogen) atoms. The van der Waals surface area contributed by atoms with Gasteiger partial charge in [0, 0.05) is 42.0 Å². The smallest absolute Gasteiger partial charge is 0.214 e. The fraction of sp³-hybridized carbons (Fsp3) is 0.263. The predicted octanol–water partition coefficient (Wildman–Crippen LogP) is 3.25. The molecule has 1 aliphatic rings. The number of thiazole rings is 1. The van der Waals surface area contributed by atoms with E-state index in [4.69, 9.17) is 4.74 Å². The highest BCUT2D eigenvalue weighted by Crippen LogP contribution is 2.25. The maximum atomic E-state index is 5.84. The van der Waals surface area contributed by atoms with Crippen LogP contribution in [0.25, 0.3) is 11.4 Å². The van der Waals surface area contributed by atoms with Crippen LogP contribution in [0.5, 0.6) is 5.88 Å². The maximum absolute atomic E-state index is 5.84. The zero-order chi connectivity index (χ0) is 18.5. The van der Waals surface area contributed by atoms with Gasteiger partial charge >= 0.3 is 0 Å². The molecule has 4 heterocycles. The van der Waals surface area contributed by atoms with Gasteiger partial charge in [0.05, 0.1) is 5.69 Å². The first-order valence-corrected chi connectivity index (χ1v) is 9.67. The molecule has 0 unspecified atom stereocenters. The van der Waals surface area contributed by atoms with Gasteiger partial charge in [-0.2, -0.15) is 0 Å². The van der Waals surface area contributed by atoms with Gasteiger partial charge in [0.25, 0.3) is 0 Å². The van der Waals surface area contributed by atoms with Crippen LogP contribution >= 0.6 is 11.3 Å². The number of aryl methyl sites for hydroxylation is 1. The summed E-state index contributed by atoms with van der Waals surface area (Å²) in [5.41, 5.74) is 3.59. The van der Waals surface area contributed by atoms with Crippen molar-refractivity contribution in [1.29, 1.82) is 0 Å². The van der Waals surface area contributed by atoms with Crippen LogP contribution in [0.2, 0.25) is 0 Å². The zero-order valence-electron chi connectivity index (χ0n) is 15.0. The molecule has 2 N–H and O–H groups in total. The summed E-state index contributed by atoms with van der Waals surface area (Å²) in [4.78, 5) is 17.9. The standard InChI is InChI=1S/C19H20N6OS/c1-13-14(5-3-8-20-13)11-26-17-7-2-6-15(23-17)16-12-27-19(24-16)25-18-21-9-4-10-22-18/h2-3,5-8,12H,4,9-11H2,1H3,(H2,21,22,24,25). The van der Waals surface area contributed by atoms with E-state index in [0.717, 1.165) is 53.2 Å². The lowest BCUT2D eigenvalue weighted by molar-refractivity contribution is 0.293. The van der Waals surface area contributed by atoms with Crippen LogP contribution in [0.1, 0.15) is 17.7 Å². The van der Waals surface area contributed by atoms with Gasteiger partial charge in [0.1, 0.15) is 12.3 Å². The van der Waals surface area contributed by atoms with Crippen molar-refractivity contribution in [2.75, 3.05) is 18.4 Å². The van der Waals surface area contributed by atoms with Gasteiger partial charge < -0.3 is 15.4 Å². The quantitative estimate of drug-likeness (QED) is 0.707. The third-order valence-electron chi connectivity index (χ3n) is 4.10. The Balaban J connectivity index is 1.44. The van der Waals surface area contributed by atoms with E-state index in [9.17, 15) is 0 Å². The molecule has 0 atom stereocenters. The lowest BCUT2D eigenvalue weighted by Gasteiger charge is -2.14. The summed E-state index contributed by atoms with van der Waals surface area (Å²) in [6.07, 6.45) is 2.84. The summed E-state index contributed by atoms with van der Waals surface area (Å²) in [7, 11) is 0. The highest BCUT2D eigenvalue weighted by Gasteiger charge is 2.10. The number of hydrogen-bond donors (Lipinski definition) is 2. The molecule has 0 saturated carbocycles. The second-order valence-electron chi connectivity index (χ2n) is 6.07. The average molecular weight is 380 g/mol. The Bertz CT molecular complexity index is 955. The van der Waals surface area contributed by atoms with Crippen molar-refractivity contribution >= 4 is 22.4 Å². The number of nitrogens with one attached hydrogen (secondary N) is 2. The molecule has 7 nitrogen and oxygen atoms in total. The molecule has 0 saturated heterocycles. The van der Waals surface area contributed by atoms with E-state index in [-0.39, 0.29) is 0 Å². The van der Waals surface area contributed by atoms with Gasteiger partial charge in [-0.15, -0.1) is 11.3 Å². The SMILES string of the molecule is Cc1ncccc1COc1cccc(-c2csc(NC3=NCCCN3)n2)n1. The minimum absolute atomic E-state index is 0.436. The van der Waals surface area contributed by atoms with Crippen LogP contribution in [-0.2, 0) is 6.61 Å². The van der Waals surface area contributed by atoms with Crippen LogP contribution in [0.15, 0.2) is 46.9 Å².